The fraction of sp³-hybridized carbons (Fsp3) is 0.385. The quantitative estimate of drug-likeness (QED) is 0.636. The molecule has 0 N–H and O–H groups in total. The van der Waals surface area contributed by atoms with E-state index in [0.29, 0.717) is 0 Å². The van der Waals surface area contributed by atoms with Crippen LogP contribution in [0.3, 0.4) is 0 Å². The van der Waals surface area contributed by atoms with Crippen LogP contribution >= 0.6 is 0 Å². The SMILES string of the molecule is C(=C\[Si]1CCCCC1)/c1ccccc1. The van der Waals surface area contributed by atoms with Gasteiger partial charge in [0.25, 0.3) is 0 Å². The standard InChI is InChI=1S/C13H17Si/c1-3-7-13(8-4-1)9-12-14-10-5-2-6-11-14/h1,3-4,7-9,12H,2,5-6,10-11H2/b12-9+. The van der Waals surface area contributed by atoms with Crippen LogP contribution in [0.2, 0.25) is 12.1 Å². The second-order valence-corrected chi connectivity index (χ2v) is 6.61. The van der Waals surface area contributed by atoms with Crippen LogP contribution in [0.15, 0.2) is 36.0 Å². The van der Waals surface area contributed by atoms with Gasteiger partial charge < -0.3 is 0 Å². The van der Waals surface area contributed by atoms with Crippen LogP contribution < -0.4 is 0 Å². The fourth-order valence-corrected chi connectivity index (χ4v) is 4.37. The molecule has 2 rings (SSSR count). The molecule has 73 valence electrons. The number of hydrogen-bond acceptors (Lipinski definition) is 0. The highest BCUT2D eigenvalue weighted by Gasteiger charge is 2.11. The Balaban J connectivity index is 1.93. The van der Waals surface area contributed by atoms with E-state index < -0.39 is 0 Å². The summed E-state index contributed by atoms with van der Waals surface area (Å²) in [6.07, 6.45) is 6.72. The van der Waals surface area contributed by atoms with Crippen molar-refractivity contribution in [1.82, 2.24) is 0 Å². The normalized spacial score (nSPS) is 18.9. The van der Waals surface area contributed by atoms with Crippen molar-refractivity contribution in [2.45, 2.75) is 31.4 Å². The highest BCUT2D eigenvalue weighted by Crippen LogP contribution is 2.19. The van der Waals surface area contributed by atoms with Crippen molar-refractivity contribution in [3.63, 3.8) is 0 Å². The van der Waals surface area contributed by atoms with E-state index in [4.69, 9.17) is 0 Å². The van der Waals surface area contributed by atoms with Gasteiger partial charge in [0.1, 0.15) is 0 Å². The first-order valence-electron chi connectivity index (χ1n) is 5.53. The fourth-order valence-electron chi connectivity index (χ4n) is 1.95. The summed E-state index contributed by atoms with van der Waals surface area (Å²) in [6, 6.07) is 13.6. The van der Waals surface area contributed by atoms with Crippen molar-refractivity contribution in [2.24, 2.45) is 0 Å². The van der Waals surface area contributed by atoms with Gasteiger partial charge in [-0.3, -0.25) is 0 Å². The van der Waals surface area contributed by atoms with Crippen molar-refractivity contribution in [2.75, 3.05) is 0 Å². The second kappa shape index (κ2) is 5.16. The van der Waals surface area contributed by atoms with Crippen molar-refractivity contribution in [1.29, 1.82) is 0 Å². The summed E-state index contributed by atoms with van der Waals surface area (Å²) in [6.45, 7) is 0. The van der Waals surface area contributed by atoms with Crippen LogP contribution in [0.5, 0.6) is 0 Å². The number of hydrogen-bond donors (Lipinski definition) is 0. The summed E-state index contributed by atoms with van der Waals surface area (Å²) < 4.78 is 0. The second-order valence-electron chi connectivity index (χ2n) is 3.96. The average molecular weight is 201 g/mol. The molecule has 0 aliphatic carbocycles. The van der Waals surface area contributed by atoms with Gasteiger partial charge in [-0.25, -0.2) is 0 Å². The zero-order valence-electron chi connectivity index (χ0n) is 8.58. The Morgan fingerprint density at radius 1 is 0.929 bits per heavy atom. The molecule has 1 aromatic rings. The zero-order valence-corrected chi connectivity index (χ0v) is 9.58. The van der Waals surface area contributed by atoms with Gasteiger partial charge in [0.15, 0.2) is 0 Å². The number of rotatable bonds is 2. The predicted octanol–water partition coefficient (Wildman–Crippen LogP) is 3.92. The molecule has 0 atom stereocenters. The summed E-state index contributed by atoms with van der Waals surface area (Å²) in [7, 11) is -0.126. The molecule has 0 saturated carbocycles. The maximum Gasteiger partial charge on any atom is 0.0758 e. The third kappa shape index (κ3) is 2.84. The molecule has 1 heterocycles. The molecule has 14 heavy (non-hydrogen) atoms. The van der Waals surface area contributed by atoms with Gasteiger partial charge in [0.2, 0.25) is 0 Å². The topological polar surface area (TPSA) is 0 Å². The molecule has 1 saturated heterocycles. The summed E-state index contributed by atoms with van der Waals surface area (Å²) in [4.78, 5) is 0. The van der Waals surface area contributed by atoms with E-state index in [1.807, 2.05) is 0 Å². The largest absolute Gasteiger partial charge is 0.0955 e. The Labute approximate surface area is 88.3 Å². The first-order chi connectivity index (χ1) is 6.95. The predicted molar refractivity (Wildman–Crippen MR) is 64.7 cm³/mol. The molecule has 1 radical (unpaired) electrons. The van der Waals surface area contributed by atoms with Crippen molar-refractivity contribution in [3.8, 4) is 0 Å². The van der Waals surface area contributed by atoms with Gasteiger partial charge >= 0.3 is 0 Å². The molecule has 0 bridgehead atoms. The van der Waals surface area contributed by atoms with E-state index in [1.165, 1.54) is 36.9 Å². The third-order valence-corrected chi connectivity index (χ3v) is 5.44. The van der Waals surface area contributed by atoms with E-state index in [9.17, 15) is 0 Å². The van der Waals surface area contributed by atoms with E-state index in [0.717, 1.165) is 0 Å². The van der Waals surface area contributed by atoms with E-state index in [-0.39, 0.29) is 8.80 Å². The van der Waals surface area contributed by atoms with Gasteiger partial charge in [0.05, 0.1) is 8.80 Å². The van der Waals surface area contributed by atoms with Crippen molar-refractivity contribution in [3.05, 3.63) is 41.6 Å². The summed E-state index contributed by atoms with van der Waals surface area (Å²) >= 11 is 0. The minimum absolute atomic E-state index is 0.126. The lowest BCUT2D eigenvalue weighted by molar-refractivity contribution is 0.727. The van der Waals surface area contributed by atoms with Crippen LogP contribution in [-0.2, 0) is 0 Å². The molecule has 1 aliphatic rings. The summed E-state index contributed by atoms with van der Waals surface area (Å²) in [5.74, 6) is 0. The Morgan fingerprint density at radius 3 is 2.36 bits per heavy atom. The smallest absolute Gasteiger partial charge is 0.0758 e. The van der Waals surface area contributed by atoms with Crippen LogP contribution in [0.4, 0.5) is 0 Å². The van der Waals surface area contributed by atoms with Crippen LogP contribution in [0.1, 0.15) is 24.8 Å². The molecule has 0 spiro atoms. The highest BCUT2D eigenvalue weighted by atomic mass is 28.3. The molecular weight excluding hydrogens is 184 g/mol. The van der Waals surface area contributed by atoms with Gasteiger partial charge in [-0.2, -0.15) is 0 Å². The number of benzene rings is 1. The average Bonchev–Trinajstić information content (AvgIpc) is 2.29. The van der Waals surface area contributed by atoms with Crippen molar-refractivity contribution >= 4 is 14.9 Å². The third-order valence-electron chi connectivity index (χ3n) is 2.81. The van der Waals surface area contributed by atoms with Crippen LogP contribution in [-0.4, -0.2) is 8.80 Å². The summed E-state index contributed by atoms with van der Waals surface area (Å²) in [5, 5.41) is 0. The molecule has 1 fully saturated rings. The first kappa shape index (κ1) is 9.72. The Hall–Kier alpha value is -0.823. The monoisotopic (exact) mass is 201 g/mol. The Kier molecular flexibility index (Phi) is 3.58. The van der Waals surface area contributed by atoms with E-state index in [2.05, 4.69) is 42.1 Å². The van der Waals surface area contributed by atoms with E-state index in [1.54, 1.807) is 0 Å². The highest BCUT2D eigenvalue weighted by molar-refractivity contribution is 6.65. The zero-order chi connectivity index (χ0) is 9.64. The van der Waals surface area contributed by atoms with Crippen LogP contribution in [0.25, 0.3) is 6.08 Å². The first-order valence-corrected chi connectivity index (χ1v) is 7.52. The maximum absolute atomic E-state index is 2.50. The minimum atomic E-state index is -0.126. The molecule has 0 amide bonds. The molecule has 0 nitrogen and oxygen atoms in total. The van der Waals surface area contributed by atoms with E-state index >= 15 is 0 Å². The Bertz CT molecular complexity index is 283. The molecule has 1 aliphatic heterocycles. The molecular formula is C13H17Si. The lowest BCUT2D eigenvalue weighted by Gasteiger charge is -2.15. The van der Waals surface area contributed by atoms with Gasteiger partial charge in [-0.1, -0.05) is 73.5 Å². The molecule has 0 unspecified atom stereocenters. The van der Waals surface area contributed by atoms with Crippen molar-refractivity contribution < 1.29 is 0 Å². The molecule has 1 aromatic carbocycles. The maximum atomic E-state index is 2.50. The summed E-state index contributed by atoms with van der Waals surface area (Å²) in [5.41, 5.74) is 3.86. The van der Waals surface area contributed by atoms with Gasteiger partial charge in [-0.15, -0.1) is 0 Å². The Morgan fingerprint density at radius 2 is 1.64 bits per heavy atom. The lowest BCUT2D eigenvalue weighted by Crippen LogP contribution is -2.12. The molecule has 1 heteroatoms. The van der Waals surface area contributed by atoms with Gasteiger partial charge in [0, 0.05) is 0 Å². The van der Waals surface area contributed by atoms with Crippen LogP contribution in [0, 0.1) is 0 Å². The minimum Gasteiger partial charge on any atom is -0.0955 e. The molecule has 0 aromatic heterocycles. The lowest BCUT2D eigenvalue weighted by atomic mass is 10.2. The van der Waals surface area contributed by atoms with Gasteiger partial charge in [-0.05, 0) is 5.56 Å².